The molecule has 2 fully saturated rings. The van der Waals surface area contributed by atoms with E-state index < -0.39 is 0 Å². The van der Waals surface area contributed by atoms with Gasteiger partial charge in [-0.25, -0.2) is 0 Å². The molecule has 0 aromatic rings. The Labute approximate surface area is 123 Å². The van der Waals surface area contributed by atoms with Crippen LogP contribution in [0.1, 0.15) is 46.0 Å². The molecule has 0 amide bonds. The molecule has 2 heterocycles. The predicted molar refractivity (Wildman–Crippen MR) is 80.0 cm³/mol. The second kappa shape index (κ2) is 6.73. The first kappa shape index (κ1) is 16.2. The summed E-state index contributed by atoms with van der Waals surface area (Å²) < 4.78 is 17.3. The van der Waals surface area contributed by atoms with Gasteiger partial charge in [0, 0.05) is 33.0 Å². The maximum atomic E-state index is 6.15. The zero-order chi connectivity index (χ0) is 14.6. The van der Waals surface area contributed by atoms with Crippen LogP contribution in [0.4, 0.5) is 0 Å². The average Bonchev–Trinajstić information content (AvgIpc) is 2.46. The summed E-state index contributed by atoms with van der Waals surface area (Å²) in [4.78, 5) is 0. The fraction of sp³-hybridized carbons (Fsp3) is 1.00. The van der Waals surface area contributed by atoms with Crippen molar-refractivity contribution < 1.29 is 14.2 Å². The monoisotopic (exact) mass is 285 g/mol. The molecule has 2 saturated heterocycles. The van der Waals surface area contributed by atoms with E-state index in [4.69, 9.17) is 14.2 Å². The minimum Gasteiger partial charge on any atom is -0.381 e. The molecule has 2 unspecified atom stereocenters. The predicted octanol–water partition coefficient (Wildman–Crippen LogP) is 2.37. The van der Waals surface area contributed by atoms with Crippen molar-refractivity contribution in [1.82, 2.24) is 5.32 Å². The highest BCUT2D eigenvalue weighted by Gasteiger charge is 2.41. The molecule has 118 valence electrons. The summed E-state index contributed by atoms with van der Waals surface area (Å²) in [6.45, 7) is 6.92. The third kappa shape index (κ3) is 3.94. The smallest absolute Gasteiger partial charge is 0.0729 e. The molecule has 2 rings (SSSR count). The number of hydrogen-bond acceptors (Lipinski definition) is 4. The van der Waals surface area contributed by atoms with E-state index in [1.807, 2.05) is 0 Å². The first-order valence-corrected chi connectivity index (χ1v) is 7.94. The number of methoxy groups -OCH3 is 1. The van der Waals surface area contributed by atoms with Gasteiger partial charge in [0.1, 0.15) is 0 Å². The second-order valence-electron chi connectivity index (χ2n) is 6.96. The summed E-state index contributed by atoms with van der Waals surface area (Å²) in [5.41, 5.74) is 0.00228. The summed E-state index contributed by atoms with van der Waals surface area (Å²) in [6, 6.07) is 0.494. The molecule has 4 nitrogen and oxygen atoms in total. The van der Waals surface area contributed by atoms with E-state index >= 15 is 0 Å². The molecule has 2 atom stereocenters. The lowest BCUT2D eigenvalue weighted by atomic mass is 9.75. The Balaban J connectivity index is 1.98. The van der Waals surface area contributed by atoms with Gasteiger partial charge in [0.15, 0.2) is 0 Å². The van der Waals surface area contributed by atoms with Crippen LogP contribution >= 0.6 is 0 Å². The molecule has 2 aliphatic heterocycles. The van der Waals surface area contributed by atoms with Crippen LogP contribution in [0.5, 0.6) is 0 Å². The van der Waals surface area contributed by atoms with Crippen molar-refractivity contribution in [2.24, 2.45) is 5.92 Å². The Kier molecular flexibility index (Phi) is 5.46. The summed E-state index contributed by atoms with van der Waals surface area (Å²) in [5, 5.41) is 3.52. The summed E-state index contributed by atoms with van der Waals surface area (Å²) in [7, 11) is 3.87. The maximum Gasteiger partial charge on any atom is 0.0729 e. The average molecular weight is 285 g/mol. The van der Waals surface area contributed by atoms with Gasteiger partial charge >= 0.3 is 0 Å². The third-order valence-corrected chi connectivity index (χ3v) is 5.14. The maximum absolute atomic E-state index is 6.15. The van der Waals surface area contributed by atoms with Crippen LogP contribution in [0.3, 0.4) is 0 Å². The van der Waals surface area contributed by atoms with Crippen molar-refractivity contribution in [2.75, 3.05) is 34.0 Å². The quantitative estimate of drug-likeness (QED) is 0.842. The molecule has 0 radical (unpaired) electrons. The SMILES string of the molecule is CNC(CC(C)(C)OC)C1CCOC2(CCOCC2)C1. The van der Waals surface area contributed by atoms with Crippen molar-refractivity contribution in [3.05, 3.63) is 0 Å². The normalized spacial score (nSPS) is 28.5. The van der Waals surface area contributed by atoms with Crippen LogP contribution in [0.25, 0.3) is 0 Å². The number of hydrogen-bond donors (Lipinski definition) is 1. The zero-order valence-electron chi connectivity index (χ0n) is 13.5. The van der Waals surface area contributed by atoms with Gasteiger partial charge in [-0.3, -0.25) is 0 Å². The Bertz CT molecular complexity index is 295. The van der Waals surface area contributed by atoms with Gasteiger partial charge in [0.25, 0.3) is 0 Å². The number of nitrogens with one attached hydrogen (secondary N) is 1. The Morgan fingerprint density at radius 1 is 1.30 bits per heavy atom. The summed E-state index contributed by atoms with van der Waals surface area (Å²) in [6.07, 6.45) is 5.44. The van der Waals surface area contributed by atoms with Gasteiger partial charge in [-0.2, -0.15) is 0 Å². The molecule has 20 heavy (non-hydrogen) atoms. The minimum atomic E-state index is -0.0746. The third-order valence-electron chi connectivity index (χ3n) is 5.14. The fourth-order valence-corrected chi connectivity index (χ4v) is 3.62. The molecule has 0 bridgehead atoms. The van der Waals surface area contributed by atoms with Crippen LogP contribution in [0.15, 0.2) is 0 Å². The molecule has 0 aromatic carbocycles. The Hall–Kier alpha value is -0.160. The number of ether oxygens (including phenoxy) is 3. The lowest BCUT2D eigenvalue weighted by Crippen LogP contribution is -2.50. The van der Waals surface area contributed by atoms with E-state index in [1.165, 1.54) is 0 Å². The molecule has 1 N–H and O–H groups in total. The largest absolute Gasteiger partial charge is 0.381 e. The van der Waals surface area contributed by atoms with E-state index in [0.29, 0.717) is 12.0 Å². The second-order valence-corrected chi connectivity index (χ2v) is 6.96. The first-order chi connectivity index (χ1) is 9.50. The van der Waals surface area contributed by atoms with Gasteiger partial charge in [-0.05, 0) is 58.9 Å². The summed E-state index contributed by atoms with van der Waals surface area (Å²) >= 11 is 0. The van der Waals surface area contributed by atoms with Crippen molar-refractivity contribution in [3.63, 3.8) is 0 Å². The van der Waals surface area contributed by atoms with Gasteiger partial charge in [0.05, 0.1) is 11.2 Å². The topological polar surface area (TPSA) is 39.7 Å². The first-order valence-electron chi connectivity index (χ1n) is 7.94. The van der Waals surface area contributed by atoms with E-state index in [1.54, 1.807) is 7.11 Å². The highest BCUT2D eigenvalue weighted by molar-refractivity contribution is 4.94. The minimum absolute atomic E-state index is 0.0746. The Morgan fingerprint density at radius 3 is 2.60 bits per heavy atom. The number of rotatable bonds is 5. The molecule has 0 aromatic heterocycles. The van der Waals surface area contributed by atoms with Crippen molar-refractivity contribution in [3.8, 4) is 0 Å². The molecule has 1 spiro atoms. The Morgan fingerprint density at radius 2 is 2.00 bits per heavy atom. The fourth-order valence-electron chi connectivity index (χ4n) is 3.62. The van der Waals surface area contributed by atoms with Crippen LogP contribution in [-0.2, 0) is 14.2 Å². The molecule has 4 heteroatoms. The molecular weight excluding hydrogens is 254 g/mol. The van der Waals surface area contributed by atoms with Crippen LogP contribution < -0.4 is 5.32 Å². The van der Waals surface area contributed by atoms with Crippen molar-refractivity contribution in [1.29, 1.82) is 0 Å². The van der Waals surface area contributed by atoms with Gasteiger partial charge in [-0.15, -0.1) is 0 Å². The highest BCUT2D eigenvalue weighted by atomic mass is 16.5. The van der Waals surface area contributed by atoms with E-state index in [-0.39, 0.29) is 11.2 Å². The van der Waals surface area contributed by atoms with E-state index in [2.05, 4.69) is 26.2 Å². The lowest BCUT2D eigenvalue weighted by molar-refractivity contribution is -0.152. The van der Waals surface area contributed by atoms with Crippen LogP contribution in [-0.4, -0.2) is 51.2 Å². The standard InChI is InChI=1S/C16H31NO3/c1-15(2,18-4)12-14(17-3)13-5-8-20-16(11-13)6-9-19-10-7-16/h13-14,17H,5-12H2,1-4H3. The van der Waals surface area contributed by atoms with E-state index in [9.17, 15) is 0 Å². The zero-order valence-corrected chi connectivity index (χ0v) is 13.5. The van der Waals surface area contributed by atoms with E-state index in [0.717, 1.165) is 51.9 Å². The molecule has 2 aliphatic rings. The van der Waals surface area contributed by atoms with Crippen LogP contribution in [0, 0.1) is 5.92 Å². The molecule has 0 aliphatic carbocycles. The van der Waals surface area contributed by atoms with Gasteiger partial charge < -0.3 is 19.5 Å². The lowest BCUT2D eigenvalue weighted by Gasteiger charge is -2.46. The highest BCUT2D eigenvalue weighted by Crippen LogP contribution is 2.39. The van der Waals surface area contributed by atoms with Gasteiger partial charge in [0.2, 0.25) is 0 Å². The van der Waals surface area contributed by atoms with Crippen LogP contribution in [0.2, 0.25) is 0 Å². The van der Waals surface area contributed by atoms with Gasteiger partial charge in [-0.1, -0.05) is 0 Å². The van der Waals surface area contributed by atoms with Crippen molar-refractivity contribution >= 4 is 0 Å². The van der Waals surface area contributed by atoms with Crippen molar-refractivity contribution in [2.45, 2.75) is 63.2 Å². The molecule has 0 saturated carbocycles. The molecular formula is C16H31NO3. The summed E-state index contributed by atoms with van der Waals surface area (Å²) in [5.74, 6) is 0.668.